The van der Waals surface area contributed by atoms with Gasteiger partial charge in [0.2, 0.25) is 0 Å². The monoisotopic (exact) mass is 454 g/mol. The van der Waals surface area contributed by atoms with Crippen LogP contribution in [0.3, 0.4) is 0 Å². The van der Waals surface area contributed by atoms with Crippen LogP contribution in [-0.2, 0) is 13.6 Å². The second kappa shape index (κ2) is 9.31. The van der Waals surface area contributed by atoms with E-state index in [2.05, 4.69) is 52.3 Å². The van der Waals surface area contributed by atoms with E-state index in [1.807, 2.05) is 31.2 Å². The van der Waals surface area contributed by atoms with Gasteiger partial charge in [0.25, 0.3) is 5.56 Å². The second-order valence-electron chi connectivity index (χ2n) is 9.06. The zero-order chi connectivity index (χ0) is 23.7. The highest BCUT2D eigenvalue weighted by Gasteiger charge is 2.19. The quantitative estimate of drug-likeness (QED) is 0.463. The van der Waals surface area contributed by atoms with Crippen molar-refractivity contribution in [3.8, 4) is 11.3 Å². The molecule has 34 heavy (non-hydrogen) atoms. The van der Waals surface area contributed by atoms with E-state index >= 15 is 0 Å². The largest absolute Gasteiger partial charge is 0.368 e. The molecule has 6 nitrogen and oxygen atoms in total. The Hall–Kier alpha value is -3.64. The molecule has 0 aliphatic carbocycles. The Labute approximate surface area is 199 Å². The molecule has 5 rings (SSSR count). The number of rotatable bonds is 5. The molecule has 0 N–H and O–H groups in total. The second-order valence-corrected chi connectivity index (χ2v) is 9.06. The minimum absolute atomic E-state index is 0.242. The minimum Gasteiger partial charge on any atom is -0.368 e. The minimum atomic E-state index is -0.265. The number of piperazine rings is 1. The number of fused-ring (bicyclic) bond motifs is 1. The molecule has 6 heteroatoms. The fourth-order valence-electron chi connectivity index (χ4n) is 4.90. The Morgan fingerprint density at radius 3 is 2.32 bits per heavy atom. The SMILES string of the molecule is Cc1cccc(-c2cc(=O)n(CCN3CCN(c4cccc5ccccc45)CC3)c(=O)n2C)c1. The molecule has 1 aliphatic heterocycles. The maximum Gasteiger partial charge on any atom is 0.331 e. The molecule has 1 saturated heterocycles. The topological polar surface area (TPSA) is 50.5 Å². The lowest BCUT2D eigenvalue weighted by atomic mass is 10.1. The van der Waals surface area contributed by atoms with Crippen molar-refractivity contribution in [1.82, 2.24) is 14.0 Å². The zero-order valence-electron chi connectivity index (χ0n) is 19.8. The van der Waals surface area contributed by atoms with Gasteiger partial charge in [0, 0.05) is 63.5 Å². The molecule has 1 aromatic heterocycles. The van der Waals surface area contributed by atoms with Crippen LogP contribution >= 0.6 is 0 Å². The molecule has 0 unspecified atom stereocenters. The molecule has 0 amide bonds. The molecule has 1 aliphatic rings. The van der Waals surface area contributed by atoms with Crippen molar-refractivity contribution in [3.63, 3.8) is 0 Å². The van der Waals surface area contributed by atoms with E-state index in [0.29, 0.717) is 18.8 Å². The van der Waals surface area contributed by atoms with Crippen LogP contribution in [0.2, 0.25) is 0 Å². The maximum absolute atomic E-state index is 13.0. The van der Waals surface area contributed by atoms with Crippen molar-refractivity contribution in [1.29, 1.82) is 0 Å². The van der Waals surface area contributed by atoms with Crippen LogP contribution in [0.25, 0.3) is 22.0 Å². The van der Waals surface area contributed by atoms with E-state index in [1.54, 1.807) is 17.7 Å². The van der Waals surface area contributed by atoms with Gasteiger partial charge in [-0.2, -0.15) is 0 Å². The number of hydrogen-bond donors (Lipinski definition) is 0. The van der Waals surface area contributed by atoms with E-state index in [1.165, 1.54) is 21.0 Å². The van der Waals surface area contributed by atoms with E-state index in [9.17, 15) is 9.59 Å². The van der Waals surface area contributed by atoms with Crippen LogP contribution in [0.5, 0.6) is 0 Å². The van der Waals surface area contributed by atoms with Gasteiger partial charge in [-0.1, -0.05) is 60.2 Å². The maximum atomic E-state index is 13.0. The van der Waals surface area contributed by atoms with E-state index in [-0.39, 0.29) is 11.2 Å². The van der Waals surface area contributed by atoms with Crippen LogP contribution < -0.4 is 16.1 Å². The van der Waals surface area contributed by atoms with Crippen molar-refractivity contribution in [2.75, 3.05) is 37.6 Å². The Bertz CT molecular complexity index is 1440. The molecule has 2 heterocycles. The number of aromatic nitrogens is 2. The van der Waals surface area contributed by atoms with Gasteiger partial charge in [-0.25, -0.2) is 4.79 Å². The van der Waals surface area contributed by atoms with Gasteiger partial charge in [0.05, 0.1) is 5.69 Å². The number of benzene rings is 3. The predicted octanol–water partition coefficient (Wildman–Crippen LogP) is 3.50. The number of anilines is 1. The summed E-state index contributed by atoms with van der Waals surface area (Å²) >= 11 is 0. The highest BCUT2D eigenvalue weighted by molar-refractivity contribution is 5.94. The Kier molecular flexibility index (Phi) is 6.07. The van der Waals surface area contributed by atoms with Crippen molar-refractivity contribution in [2.24, 2.45) is 7.05 Å². The molecule has 0 atom stereocenters. The number of nitrogens with zero attached hydrogens (tertiary/aromatic N) is 4. The van der Waals surface area contributed by atoms with Gasteiger partial charge in [-0.15, -0.1) is 0 Å². The van der Waals surface area contributed by atoms with Gasteiger partial charge in [0.1, 0.15) is 0 Å². The highest BCUT2D eigenvalue weighted by Crippen LogP contribution is 2.27. The lowest BCUT2D eigenvalue weighted by Crippen LogP contribution is -2.49. The Morgan fingerprint density at radius 1 is 0.794 bits per heavy atom. The van der Waals surface area contributed by atoms with Crippen LogP contribution in [-0.4, -0.2) is 46.8 Å². The Balaban J connectivity index is 1.27. The van der Waals surface area contributed by atoms with Crippen molar-refractivity contribution in [3.05, 3.63) is 99.2 Å². The van der Waals surface area contributed by atoms with Crippen LogP contribution in [0.15, 0.2) is 82.4 Å². The van der Waals surface area contributed by atoms with Crippen LogP contribution in [0.4, 0.5) is 5.69 Å². The molecule has 0 spiro atoms. The molecule has 0 radical (unpaired) electrons. The Morgan fingerprint density at radius 2 is 1.53 bits per heavy atom. The molecule has 4 aromatic rings. The first-order valence-corrected chi connectivity index (χ1v) is 11.8. The first-order valence-electron chi connectivity index (χ1n) is 11.8. The number of hydrogen-bond acceptors (Lipinski definition) is 4. The van der Waals surface area contributed by atoms with E-state index in [0.717, 1.165) is 37.3 Å². The summed E-state index contributed by atoms with van der Waals surface area (Å²) in [5.74, 6) is 0. The first-order chi connectivity index (χ1) is 16.5. The lowest BCUT2D eigenvalue weighted by molar-refractivity contribution is 0.245. The van der Waals surface area contributed by atoms with Crippen molar-refractivity contribution >= 4 is 16.5 Å². The summed E-state index contributed by atoms with van der Waals surface area (Å²) in [6, 6.07) is 24.4. The summed E-state index contributed by atoms with van der Waals surface area (Å²) < 4.78 is 2.94. The van der Waals surface area contributed by atoms with Gasteiger partial charge >= 0.3 is 5.69 Å². The number of aryl methyl sites for hydroxylation is 1. The molecular formula is C28H30N4O2. The van der Waals surface area contributed by atoms with E-state index < -0.39 is 0 Å². The summed E-state index contributed by atoms with van der Waals surface area (Å²) in [5.41, 5.74) is 3.39. The normalized spacial score (nSPS) is 14.6. The standard InChI is InChI=1S/C28H30N4O2/c1-21-7-5-10-23(19-21)26-20-27(33)32(28(34)29(26)2)18-15-30-13-16-31(17-14-30)25-12-6-9-22-8-3-4-11-24(22)25/h3-12,19-20H,13-18H2,1-2H3. The van der Waals surface area contributed by atoms with Gasteiger partial charge in [0.15, 0.2) is 0 Å². The van der Waals surface area contributed by atoms with Crippen molar-refractivity contribution < 1.29 is 0 Å². The average Bonchev–Trinajstić information content (AvgIpc) is 2.86. The van der Waals surface area contributed by atoms with Gasteiger partial charge < -0.3 is 4.90 Å². The molecule has 1 fully saturated rings. The third-order valence-corrected chi connectivity index (χ3v) is 6.84. The van der Waals surface area contributed by atoms with Crippen LogP contribution in [0.1, 0.15) is 5.56 Å². The summed E-state index contributed by atoms with van der Waals surface area (Å²) in [5, 5.41) is 2.54. The summed E-state index contributed by atoms with van der Waals surface area (Å²) in [6.45, 7) is 6.73. The van der Waals surface area contributed by atoms with E-state index in [4.69, 9.17) is 0 Å². The predicted molar refractivity (Wildman–Crippen MR) is 139 cm³/mol. The van der Waals surface area contributed by atoms with Crippen molar-refractivity contribution in [2.45, 2.75) is 13.5 Å². The summed E-state index contributed by atoms with van der Waals surface area (Å²) in [7, 11) is 1.74. The van der Waals surface area contributed by atoms with Crippen LogP contribution in [0, 0.1) is 6.92 Å². The fourth-order valence-corrected chi connectivity index (χ4v) is 4.90. The average molecular weight is 455 g/mol. The molecular weight excluding hydrogens is 424 g/mol. The molecule has 0 bridgehead atoms. The first kappa shape index (κ1) is 22.2. The van der Waals surface area contributed by atoms with Gasteiger partial charge in [-0.3, -0.25) is 18.8 Å². The third-order valence-electron chi connectivity index (χ3n) is 6.84. The molecule has 3 aromatic carbocycles. The smallest absolute Gasteiger partial charge is 0.331 e. The lowest BCUT2D eigenvalue weighted by Gasteiger charge is -2.36. The third kappa shape index (κ3) is 4.29. The van der Waals surface area contributed by atoms with Gasteiger partial charge in [-0.05, 0) is 30.0 Å². The fraction of sp³-hybridized carbons (Fsp3) is 0.286. The highest BCUT2D eigenvalue weighted by atomic mass is 16.2. The summed E-state index contributed by atoms with van der Waals surface area (Å²) in [6.07, 6.45) is 0. The molecule has 0 saturated carbocycles. The molecule has 174 valence electrons. The summed E-state index contributed by atoms with van der Waals surface area (Å²) in [4.78, 5) is 30.6. The zero-order valence-corrected chi connectivity index (χ0v) is 19.8.